The quantitative estimate of drug-likeness (QED) is 0.0269. The maximum atomic E-state index is 12.6. The summed E-state index contributed by atoms with van der Waals surface area (Å²) in [6, 6.07) is 0. The van der Waals surface area contributed by atoms with E-state index in [0.717, 1.165) is 89.9 Å². The van der Waals surface area contributed by atoms with Crippen molar-refractivity contribution in [3.05, 3.63) is 48.6 Å². The number of esters is 2. The first-order valence-corrected chi connectivity index (χ1v) is 23.1. The summed E-state index contributed by atoms with van der Waals surface area (Å²) in [7, 11) is -4.38. The number of nitrogens with two attached hydrogens (primary N) is 1. The Kier molecular flexibility index (Phi) is 39.1. The molecule has 0 spiro atoms. The highest BCUT2D eigenvalue weighted by Crippen LogP contribution is 2.43. The van der Waals surface area contributed by atoms with Crippen LogP contribution in [0.2, 0.25) is 0 Å². The zero-order valence-corrected chi connectivity index (χ0v) is 35.3. The van der Waals surface area contributed by atoms with Crippen molar-refractivity contribution in [2.24, 2.45) is 5.73 Å². The van der Waals surface area contributed by atoms with Gasteiger partial charge in [0.25, 0.3) is 0 Å². The van der Waals surface area contributed by atoms with Crippen LogP contribution in [0.25, 0.3) is 0 Å². The first kappa shape index (κ1) is 52.0. The van der Waals surface area contributed by atoms with Gasteiger partial charge in [0.2, 0.25) is 0 Å². The van der Waals surface area contributed by atoms with Crippen LogP contribution in [-0.2, 0) is 32.7 Å². The Bertz CT molecular complexity index is 1030. The number of hydrogen-bond donors (Lipinski definition) is 2. The van der Waals surface area contributed by atoms with Crippen LogP contribution in [-0.4, -0.2) is 49.3 Å². The molecule has 0 aliphatic carbocycles. The Hall–Kier alpha value is -2.03. The van der Waals surface area contributed by atoms with Gasteiger partial charge in [-0.15, -0.1) is 0 Å². The topological polar surface area (TPSA) is 134 Å². The van der Waals surface area contributed by atoms with Crippen molar-refractivity contribution in [1.82, 2.24) is 0 Å². The van der Waals surface area contributed by atoms with Crippen LogP contribution in [0.5, 0.6) is 0 Å². The van der Waals surface area contributed by atoms with Crippen LogP contribution in [0.4, 0.5) is 0 Å². The molecule has 0 heterocycles. The van der Waals surface area contributed by atoms with Gasteiger partial charge in [-0.25, -0.2) is 4.57 Å². The highest BCUT2D eigenvalue weighted by molar-refractivity contribution is 7.47. The van der Waals surface area contributed by atoms with E-state index in [4.69, 9.17) is 24.3 Å². The minimum Gasteiger partial charge on any atom is -0.462 e. The third kappa shape index (κ3) is 39.7. The van der Waals surface area contributed by atoms with Gasteiger partial charge in [-0.05, 0) is 77.0 Å². The number of allylic oxidation sites excluding steroid dienone is 8. The molecule has 314 valence electrons. The summed E-state index contributed by atoms with van der Waals surface area (Å²) >= 11 is 0. The SMILES string of the molecule is CCCCC/C=C\C/C=C\C/C=C\CCCCCCCCC(=O)OC(COC(=O)CCCCCCC/C=C\CCCCCCC)COP(=O)(O)OCCN. The first-order chi connectivity index (χ1) is 26.3. The lowest BCUT2D eigenvalue weighted by Gasteiger charge is -2.19. The van der Waals surface area contributed by atoms with Crippen LogP contribution in [0.15, 0.2) is 48.6 Å². The van der Waals surface area contributed by atoms with E-state index < -0.39 is 32.5 Å². The fourth-order valence-electron chi connectivity index (χ4n) is 5.69. The van der Waals surface area contributed by atoms with Crippen LogP contribution < -0.4 is 5.73 Å². The number of phosphoric ester groups is 1. The molecule has 54 heavy (non-hydrogen) atoms. The van der Waals surface area contributed by atoms with Gasteiger partial charge in [0, 0.05) is 19.4 Å². The van der Waals surface area contributed by atoms with Gasteiger partial charge in [0.05, 0.1) is 13.2 Å². The number of carbonyl (C=O) groups is 2. The van der Waals surface area contributed by atoms with Crippen LogP contribution in [0, 0.1) is 0 Å². The summed E-state index contributed by atoms with van der Waals surface area (Å²) in [4.78, 5) is 34.8. The predicted molar refractivity (Wildman–Crippen MR) is 224 cm³/mol. The summed E-state index contributed by atoms with van der Waals surface area (Å²) in [5.41, 5.74) is 5.34. The number of phosphoric acid groups is 1. The molecule has 9 nitrogen and oxygen atoms in total. The zero-order chi connectivity index (χ0) is 39.6. The van der Waals surface area contributed by atoms with Gasteiger partial charge in [-0.3, -0.25) is 18.6 Å². The van der Waals surface area contributed by atoms with E-state index in [0.29, 0.717) is 6.42 Å². The summed E-state index contributed by atoms with van der Waals surface area (Å²) in [6.07, 6.45) is 45.6. The second-order valence-electron chi connectivity index (χ2n) is 14.2. The van der Waals surface area contributed by atoms with E-state index in [-0.39, 0.29) is 32.6 Å². The van der Waals surface area contributed by atoms with Crippen LogP contribution >= 0.6 is 7.82 Å². The van der Waals surface area contributed by atoms with Gasteiger partial charge in [-0.1, -0.05) is 146 Å². The van der Waals surface area contributed by atoms with E-state index in [1.165, 1.54) is 64.2 Å². The molecule has 0 radical (unpaired) electrons. The Morgan fingerprint density at radius 2 is 0.963 bits per heavy atom. The molecule has 0 fully saturated rings. The van der Waals surface area contributed by atoms with Crippen molar-refractivity contribution in [3.63, 3.8) is 0 Å². The number of rotatable bonds is 40. The van der Waals surface area contributed by atoms with E-state index in [1.54, 1.807) is 0 Å². The van der Waals surface area contributed by atoms with Crippen LogP contribution in [0.1, 0.15) is 187 Å². The monoisotopic (exact) mass is 782 g/mol. The normalized spacial score (nSPS) is 13.8. The average molecular weight is 782 g/mol. The molecule has 0 saturated heterocycles. The molecule has 0 aliphatic rings. The summed E-state index contributed by atoms with van der Waals surface area (Å²) in [5, 5.41) is 0. The molecule has 2 atom stereocenters. The number of unbranched alkanes of at least 4 members (excludes halogenated alkanes) is 19. The fourth-order valence-corrected chi connectivity index (χ4v) is 6.46. The standard InChI is InChI=1S/C44H80NO8P/c1-3-5-7-9-11-13-15-17-19-20-21-22-23-25-27-29-31-33-35-37-44(47)53-42(41-52-54(48,49)51-39-38-45)40-50-43(46)36-34-32-30-28-26-24-18-16-14-12-10-8-6-4-2/h11,13,16-19,21-22,42H,3-10,12,14-15,20,23-41,45H2,1-2H3,(H,48,49)/b13-11-,18-16-,19-17-,22-21-. The minimum absolute atomic E-state index is 0.0485. The predicted octanol–water partition coefficient (Wildman–Crippen LogP) is 12.3. The van der Waals surface area contributed by atoms with Gasteiger partial charge in [0.1, 0.15) is 6.61 Å². The van der Waals surface area contributed by atoms with Crippen LogP contribution in [0.3, 0.4) is 0 Å². The van der Waals surface area contributed by atoms with Crippen molar-refractivity contribution < 1.29 is 37.6 Å². The highest BCUT2D eigenvalue weighted by atomic mass is 31.2. The molecule has 0 rings (SSSR count). The molecule has 3 N–H and O–H groups in total. The van der Waals surface area contributed by atoms with E-state index in [1.807, 2.05) is 0 Å². The second-order valence-corrected chi connectivity index (χ2v) is 15.7. The van der Waals surface area contributed by atoms with Gasteiger partial charge >= 0.3 is 19.8 Å². The molecule has 10 heteroatoms. The molecule has 0 saturated carbocycles. The lowest BCUT2D eigenvalue weighted by molar-refractivity contribution is -0.161. The zero-order valence-electron chi connectivity index (χ0n) is 34.4. The first-order valence-electron chi connectivity index (χ1n) is 21.6. The molecular formula is C44H80NO8P. The third-order valence-corrected chi connectivity index (χ3v) is 9.92. The largest absolute Gasteiger partial charge is 0.472 e. The fraction of sp³-hybridized carbons (Fsp3) is 0.773. The number of ether oxygens (including phenoxy) is 2. The molecule has 0 bridgehead atoms. The third-order valence-electron chi connectivity index (χ3n) is 8.94. The van der Waals surface area contributed by atoms with Crippen molar-refractivity contribution in [1.29, 1.82) is 0 Å². The average Bonchev–Trinajstić information content (AvgIpc) is 3.16. The molecule has 2 unspecified atom stereocenters. The lowest BCUT2D eigenvalue weighted by atomic mass is 10.1. The van der Waals surface area contributed by atoms with Crippen molar-refractivity contribution in [2.45, 2.75) is 193 Å². The van der Waals surface area contributed by atoms with E-state index >= 15 is 0 Å². The van der Waals surface area contributed by atoms with E-state index in [9.17, 15) is 19.0 Å². The molecule has 0 amide bonds. The second kappa shape index (κ2) is 40.6. The minimum atomic E-state index is -4.38. The van der Waals surface area contributed by atoms with E-state index in [2.05, 4.69) is 62.5 Å². The highest BCUT2D eigenvalue weighted by Gasteiger charge is 2.26. The molecule has 0 aliphatic heterocycles. The van der Waals surface area contributed by atoms with Crippen molar-refractivity contribution >= 4 is 19.8 Å². The van der Waals surface area contributed by atoms with Crippen molar-refractivity contribution in [2.75, 3.05) is 26.4 Å². The maximum absolute atomic E-state index is 12.6. The Morgan fingerprint density at radius 1 is 0.556 bits per heavy atom. The molecular weight excluding hydrogens is 701 g/mol. The van der Waals surface area contributed by atoms with Gasteiger partial charge in [0.15, 0.2) is 6.10 Å². The summed E-state index contributed by atoms with van der Waals surface area (Å²) in [6.45, 7) is 3.67. The number of carbonyl (C=O) groups excluding carboxylic acids is 2. The molecule has 0 aromatic rings. The smallest absolute Gasteiger partial charge is 0.462 e. The summed E-state index contributed by atoms with van der Waals surface area (Å²) < 4.78 is 32.7. The maximum Gasteiger partial charge on any atom is 0.472 e. The molecule has 0 aromatic heterocycles. The Morgan fingerprint density at radius 3 is 1.48 bits per heavy atom. The molecule has 0 aromatic carbocycles. The van der Waals surface area contributed by atoms with Gasteiger partial charge < -0.3 is 20.1 Å². The summed E-state index contributed by atoms with van der Waals surface area (Å²) in [5.74, 6) is -0.854. The number of hydrogen-bond acceptors (Lipinski definition) is 8. The Labute approximate surface area is 330 Å². The lowest BCUT2D eigenvalue weighted by Crippen LogP contribution is -2.29. The Balaban J connectivity index is 4.20. The van der Waals surface area contributed by atoms with Crippen molar-refractivity contribution in [3.8, 4) is 0 Å². The van der Waals surface area contributed by atoms with Gasteiger partial charge in [-0.2, -0.15) is 0 Å².